The number of carbonyl (C=O) groups excluding carboxylic acids is 2. The number of hydrogen-bond acceptors (Lipinski definition) is 3. The number of aromatic amines is 1. The van der Waals surface area contributed by atoms with Crippen LogP contribution >= 0.6 is 11.3 Å². The van der Waals surface area contributed by atoms with Gasteiger partial charge in [-0.25, -0.2) is 0 Å². The van der Waals surface area contributed by atoms with Gasteiger partial charge in [0.25, 0.3) is 5.91 Å². The van der Waals surface area contributed by atoms with Gasteiger partial charge in [0.2, 0.25) is 5.91 Å². The Morgan fingerprint density at radius 2 is 1.86 bits per heavy atom. The molecule has 28 heavy (non-hydrogen) atoms. The zero-order chi connectivity index (χ0) is 19.3. The third-order valence-corrected chi connectivity index (χ3v) is 6.57. The summed E-state index contributed by atoms with van der Waals surface area (Å²) < 4.78 is 0. The summed E-state index contributed by atoms with van der Waals surface area (Å²) in [7, 11) is 0. The van der Waals surface area contributed by atoms with Crippen LogP contribution in [-0.2, 0) is 24.1 Å². The number of nitrogens with one attached hydrogen (secondary N) is 3. The number of fused-ring (bicyclic) bond motifs is 2. The molecule has 5 nitrogen and oxygen atoms in total. The molecule has 0 aliphatic heterocycles. The highest BCUT2D eigenvalue weighted by molar-refractivity contribution is 7.14. The van der Waals surface area contributed by atoms with Gasteiger partial charge < -0.3 is 4.98 Å². The van der Waals surface area contributed by atoms with E-state index in [1.165, 1.54) is 36.1 Å². The van der Waals surface area contributed by atoms with Crippen molar-refractivity contribution < 1.29 is 9.59 Å². The van der Waals surface area contributed by atoms with E-state index in [4.69, 9.17) is 0 Å². The van der Waals surface area contributed by atoms with E-state index >= 15 is 0 Å². The second-order valence-electron chi connectivity index (χ2n) is 7.34. The van der Waals surface area contributed by atoms with Crippen molar-refractivity contribution in [3.8, 4) is 0 Å². The lowest BCUT2D eigenvalue weighted by Crippen LogP contribution is -2.41. The van der Waals surface area contributed by atoms with Crippen LogP contribution in [0.1, 0.15) is 57.8 Å². The number of aryl methyl sites for hydroxylation is 3. The molecule has 0 unspecified atom stereocenters. The molecule has 0 atom stereocenters. The fourth-order valence-electron chi connectivity index (χ4n) is 3.79. The Hall–Kier alpha value is -2.60. The van der Waals surface area contributed by atoms with Gasteiger partial charge in [-0.05, 0) is 55.4 Å². The second kappa shape index (κ2) is 8.61. The van der Waals surface area contributed by atoms with E-state index in [0.717, 1.165) is 29.3 Å². The van der Waals surface area contributed by atoms with Gasteiger partial charge in [-0.1, -0.05) is 31.0 Å². The molecule has 146 valence electrons. The van der Waals surface area contributed by atoms with E-state index < -0.39 is 0 Å². The van der Waals surface area contributed by atoms with E-state index in [1.54, 1.807) is 11.3 Å². The molecule has 2 amide bonds. The van der Waals surface area contributed by atoms with Crippen molar-refractivity contribution in [1.29, 1.82) is 0 Å². The van der Waals surface area contributed by atoms with Crippen molar-refractivity contribution >= 4 is 34.1 Å². The fourth-order valence-corrected chi connectivity index (χ4v) is 4.94. The number of aromatic nitrogens is 1. The molecule has 0 spiro atoms. The van der Waals surface area contributed by atoms with E-state index in [1.807, 2.05) is 36.5 Å². The Morgan fingerprint density at radius 1 is 1.04 bits per heavy atom. The maximum absolute atomic E-state index is 12.4. The average Bonchev–Trinajstić information content (AvgIpc) is 3.28. The summed E-state index contributed by atoms with van der Waals surface area (Å²) >= 11 is 1.56. The second-order valence-corrected chi connectivity index (χ2v) is 8.47. The molecule has 1 aliphatic carbocycles. The molecule has 3 aromatic rings. The predicted octanol–water partition coefficient (Wildman–Crippen LogP) is 4.28. The van der Waals surface area contributed by atoms with Gasteiger partial charge in [0.05, 0.1) is 4.88 Å². The number of amides is 2. The van der Waals surface area contributed by atoms with Crippen molar-refractivity contribution in [2.24, 2.45) is 0 Å². The Balaban J connectivity index is 1.29. The molecule has 1 aliphatic rings. The summed E-state index contributed by atoms with van der Waals surface area (Å²) in [6.45, 7) is 0. The Labute approximate surface area is 168 Å². The van der Waals surface area contributed by atoms with Crippen molar-refractivity contribution in [3.05, 3.63) is 57.4 Å². The number of hydrogen-bond donors (Lipinski definition) is 3. The zero-order valence-corrected chi connectivity index (χ0v) is 16.7. The first-order valence-corrected chi connectivity index (χ1v) is 10.8. The lowest BCUT2D eigenvalue weighted by molar-refractivity contribution is -0.121. The molecule has 6 heteroatoms. The smallest absolute Gasteiger partial charge is 0.279 e. The van der Waals surface area contributed by atoms with Crippen LogP contribution < -0.4 is 10.9 Å². The van der Waals surface area contributed by atoms with Gasteiger partial charge >= 0.3 is 0 Å². The first kappa shape index (κ1) is 18.7. The molecule has 4 rings (SSSR count). The lowest BCUT2D eigenvalue weighted by atomic mass is 10.00. The molecular weight excluding hydrogens is 370 g/mol. The zero-order valence-electron chi connectivity index (χ0n) is 15.8. The summed E-state index contributed by atoms with van der Waals surface area (Å²) in [4.78, 5) is 29.8. The van der Waals surface area contributed by atoms with Gasteiger partial charge in [-0.15, -0.1) is 11.3 Å². The van der Waals surface area contributed by atoms with Gasteiger partial charge in [0.1, 0.15) is 0 Å². The highest BCUT2D eigenvalue weighted by atomic mass is 32.1. The van der Waals surface area contributed by atoms with Crippen molar-refractivity contribution in [3.63, 3.8) is 0 Å². The molecule has 1 aromatic carbocycles. The Bertz CT molecular complexity index is 963. The molecule has 0 fully saturated rings. The fraction of sp³-hybridized carbons (Fsp3) is 0.364. The lowest BCUT2D eigenvalue weighted by Gasteiger charge is -2.07. The van der Waals surface area contributed by atoms with Crippen LogP contribution in [0.3, 0.4) is 0 Å². The molecule has 0 saturated carbocycles. The summed E-state index contributed by atoms with van der Waals surface area (Å²) in [6.07, 6.45) is 9.92. The van der Waals surface area contributed by atoms with Crippen LogP contribution in [0, 0.1) is 0 Å². The molecule has 0 bridgehead atoms. The highest BCUT2D eigenvalue weighted by Gasteiger charge is 2.16. The Kier molecular flexibility index (Phi) is 5.76. The standard InChI is InChI=1S/C22H25N3O2S/c26-21(12-11-16-14-23-18-9-6-5-8-17(16)18)24-25-22(27)20-13-15-7-3-1-2-4-10-19(15)28-20/h5-6,8-9,13-14,23H,1-4,7,10-12H2,(H,24,26)(H,25,27). The van der Waals surface area contributed by atoms with E-state index in [9.17, 15) is 9.59 Å². The van der Waals surface area contributed by atoms with Crippen LogP contribution in [0.25, 0.3) is 10.9 Å². The third-order valence-electron chi connectivity index (χ3n) is 5.33. The highest BCUT2D eigenvalue weighted by Crippen LogP contribution is 2.28. The number of rotatable bonds is 4. The number of benzene rings is 1. The third kappa shape index (κ3) is 4.28. The summed E-state index contributed by atoms with van der Waals surface area (Å²) in [6, 6.07) is 10.0. The van der Waals surface area contributed by atoms with Crippen molar-refractivity contribution in [2.45, 2.75) is 51.4 Å². The summed E-state index contributed by atoms with van der Waals surface area (Å²) in [5.74, 6) is -0.411. The minimum absolute atomic E-state index is 0.187. The first-order valence-electron chi connectivity index (χ1n) is 9.96. The van der Waals surface area contributed by atoms with E-state index in [-0.39, 0.29) is 11.8 Å². The molecular formula is C22H25N3O2S. The normalized spacial score (nSPS) is 14.1. The number of hydrazine groups is 1. The molecule has 2 aromatic heterocycles. The van der Waals surface area contributed by atoms with Gasteiger partial charge in [-0.2, -0.15) is 0 Å². The monoisotopic (exact) mass is 395 g/mol. The molecule has 0 saturated heterocycles. The van der Waals surface area contributed by atoms with Crippen LogP contribution in [0.5, 0.6) is 0 Å². The van der Waals surface area contributed by atoms with E-state index in [0.29, 0.717) is 17.7 Å². The minimum atomic E-state index is -0.225. The minimum Gasteiger partial charge on any atom is -0.361 e. The first-order chi connectivity index (χ1) is 13.7. The van der Waals surface area contributed by atoms with Crippen LogP contribution in [0.15, 0.2) is 36.5 Å². The quantitative estimate of drug-likeness (QED) is 0.577. The number of carbonyl (C=O) groups is 2. The summed E-state index contributed by atoms with van der Waals surface area (Å²) in [5, 5.41) is 1.13. The number of thiophene rings is 1. The Morgan fingerprint density at radius 3 is 2.75 bits per heavy atom. The largest absolute Gasteiger partial charge is 0.361 e. The average molecular weight is 396 g/mol. The molecule has 3 N–H and O–H groups in total. The van der Waals surface area contributed by atoms with Crippen LogP contribution in [-0.4, -0.2) is 16.8 Å². The van der Waals surface area contributed by atoms with Crippen LogP contribution in [0.4, 0.5) is 0 Å². The SMILES string of the molecule is O=C(CCc1c[nH]c2ccccc12)NNC(=O)c1cc2c(s1)CCCCCC2. The van der Waals surface area contributed by atoms with E-state index in [2.05, 4.69) is 15.8 Å². The number of para-hydroxylation sites is 1. The van der Waals surface area contributed by atoms with Gasteiger partial charge in [0.15, 0.2) is 0 Å². The van der Waals surface area contributed by atoms with Crippen molar-refractivity contribution in [1.82, 2.24) is 15.8 Å². The maximum atomic E-state index is 12.4. The molecule has 2 heterocycles. The van der Waals surface area contributed by atoms with Crippen molar-refractivity contribution in [2.75, 3.05) is 0 Å². The van der Waals surface area contributed by atoms with Gasteiger partial charge in [-0.3, -0.25) is 20.4 Å². The molecule has 0 radical (unpaired) electrons. The topological polar surface area (TPSA) is 74.0 Å². The predicted molar refractivity (Wildman–Crippen MR) is 112 cm³/mol. The maximum Gasteiger partial charge on any atom is 0.279 e. The van der Waals surface area contributed by atoms with Gasteiger partial charge in [0, 0.05) is 28.4 Å². The van der Waals surface area contributed by atoms with Crippen LogP contribution in [0.2, 0.25) is 0 Å². The number of H-pyrrole nitrogens is 1. The summed E-state index contributed by atoms with van der Waals surface area (Å²) in [5.41, 5.74) is 8.61.